The lowest BCUT2D eigenvalue weighted by molar-refractivity contribution is -0.113. The Balaban J connectivity index is 1.26. The van der Waals surface area contributed by atoms with E-state index >= 15 is 0 Å². The predicted molar refractivity (Wildman–Crippen MR) is 140 cm³/mol. The molecule has 0 radical (unpaired) electrons. The van der Waals surface area contributed by atoms with Crippen molar-refractivity contribution < 1.29 is 9.59 Å². The minimum absolute atomic E-state index is 0.0525. The molecule has 1 fully saturated rings. The van der Waals surface area contributed by atoms with Gasteiger partial charge in [-0.05, 0) is 76.6 Å². The van der Waals surface area contributed by atoms with Crippen LogP contribution in [0.25, 0.3) is 0 Å². The fourth-order valence-corrected chi connectivity index (χ4v) is 4.88. The summed E-state index contributed by atoms with van der Waals surface area (Å²) in [6, 6.07) is 22.8. The summed E-state index contributed by atoms with van der Waals surface area (Å²) < 4.78 is 0.821. The van der Waals surface area contributed by atoms with Crippen molar-refractivity contribution in [1.82, 2.24) is 4.90 Å². The molecular formula is C25H23BrClN3O2S. The summed E-state index contributed by atoms with van der Waals surface area (Å²) in [6.45, 7) is 2.86. The standard InChI is InChI=1S/C25H23BrClN3O2S/c26-23-4-2-1-3-22(23)25(32)30-15-13-29(14-16-30)20-9-7-19(8-10-20)28-24(31)17-33-21-11-5-18(27)6-12-21/h1-12H,13-17H2,(H,28,31). The first kappa shape index (κ1) is 23.7. The van der Waals surface area contributed by atoms with E-state index in [0.29, 0.717) is 29.4 Å². The minimum atomic E-state index is -0.0538. The van der Waals surface area contributed by atoms with Crippen molar-refractivity contribution in [3.05, 3.63) is 87.9 Å². The van der Waals surface area contributed by atoms with E-state index in [9.17, 15) is 9.59 Å². The van der Waals surface area contributed by atoms with E-state index in [4.69, 9.17) is 11.6 Å². The molecule has 1 aliphatic heterocycles. The van der Waals surface area contributed by atoms with Crippen molar-refractivity contribution in [3.63, 3.8) is 0 Å². The molecule has 0 bridgehead atoms. The summed E-state index contributed by atoms with van der Waals surface area (Å²) in [7, 11) is 0. The van der Waals surface area contributed by atoms with Crippen LogP contribution in [-0.4, -0.2) is 48.6 Å². The van der Waals surface area contributed by atoms with Gasteiger partial charge in [-0.15, -0.1) is 11.8 Å². The summed E-state index contributed by atoms with van der Waals surface area (Å²) in [5.41, 5.74) is 2.54. The SMILES string of the molecule is O=C(CSc1ccc(Cl)cc1)Nc1ccc(N2CCN(C(=O)c3ccccc3Br)CC2)cc1. The van der Waals surface area contributed by atoms with Crippen LogP contribution >= 0.6 is 39.3 Å². The summed E-state index contributed by atoms with van der Waals surface area (Å²) in [4.78, 5) is 30.2. The van der Waals surface area contributed by atoms with Gasteiger partial charge in [-0.2, -0.15) is 0 Å². The number of piperazine rings is 1. The van der Waals surface area contributed by atoms with E-state index in [1.54, 1.807) is 0 Å². The van der Waals surface area contributed by atoms with Crippen molar-refractivity contribution in [2.24, 2.45) is 0 Å². The van der Waals surface area contributed by atoms with Crippen LogP contribution in [0.4, 0.5) is 11.4 Å². The Labute approximate surface area is 211 Å². The molecule has 0 spiro atoms. The van der Waals surface area contributed by atoms with E-state index in [-0.39, 0.29) is 11.8 Å². The molecule has 2 amide bonds. The molecule has 1 heterocycles. The summed E-state index contributed by atoms with van der Waals surface area (Å²) in [6.07, 6.45) is 0. The van der Waals surface area contributed by atoms with Gasteiger partial charge in [-0.25, -0.2) is 0 Å². The number of rotatable bonds is 6. The molecule has 0 aliphatic carbocycles. The van der Waals surface area contributed by atoms with E-state index in [2.05, 4.69) is 26.1 Å². The Morgan fingerprint density at radius 1 is 0.909 bits per heavy atom. The van der Waals surface area contributed by atoms with Crippen molar-refractivity contribution in [1.29, 1.82) is 0 Å². The Morgan fingerprint density at radius 3 is 2.24 bits per heavy atom. The molecule has 0 unspecified atom stereocenters. The number of carbonyl (C=O) groups excluding carboxylic acids is 2. The van der Waals surface area contributed by atoms with Crippen LogP contribution in [0.5, 0.6) is 0 Å². The summed E-state index contributed by atoms with van der Waals surface area (Å²) in [5, 5.41) is 3.62. The molecule has 1 aliphatic rings. The first-order valence-electron chi connectivity index (χ1n) is 10.6. The molecule has 0 aromatic heterocycles. The number of carbonyl (C=O) groups is 2. The number of halogens is 2. The quantitative estimate of drug-likeness (QED) is 0.399. The van der Waals surface area contributed by atoms with Crippen LogP contribution in [0, 0.1) is 0 Å². The maximum Gasteiger partial charge on any atom is 0.255 e. The predicted octanol–water partition coefficient (Wildman–Crippen LogP) is 5.80. The first-order chi connectivity index (χ1) is 16.0. The van der Waals surface area contributed by atoms with Gasteiger partial charge in [0.2, 0.25) is 5.91 Å². The maximum absolute atomic E-state index is 12.8. The number of hydrogen-bond donors (Lipinski definition) is 1. The van der Waals surface area contributed by atoms with E-state index in [1.165, 1.54) is 11.8 Å². The Hall–Kier alpha value is -2.48. The topological polar surface area (TPSA) is 52.7 Å². The number of benzene rings is 3. The normalized spacial score (nSPS) is 13.6. The van der Waals surface area contributed by atoms with Gasteiger partial charge in [0.05, 0.1) is 11.3 Å². The monoisotopic (exact) mass is 543 g/mol. The van der Waals surface area contributed by atoms with Gasteiger partial charge in [0.15, 0.2) is 0 Å². The van der Waals surface area contributed by atoms with E-state index in [1.807, 2.05) is 77.7 Å². The third-order valence-electron chi connectivity index (χ3n) is 5.37. The van der Waals surface area contributed by atoms with Gasteiger partial charge in [0.1, 0.15) is 0 Å². The molecule has 0 saturated carbocycles. The van der Waals surface area contributed by atoms with Crippen LogP contribution in [0.15, 0.2) is 82.2 Å². The largest absolute Gasteiger partial charge is 0.368 e. The molecule has 8 heteroatoms. The Bertz CT molecular complexity index is 1120. The lowest BCUT2D eigenvalue weighted by Gasteiger charge is -2.36. The molecule has 1 saturated heterocycles. The Kier molecular flexibility index (Phi) is 7.96. The molecule has 5 nitrogen and oxygen atoms in total. The van der Waals surface area contributed by atoms with Crippen molar-refractivity contribution in [3.8, 4) is 0 Å². The summed E-state index contributed by atoms with van der Waals surface area (Å²) >= 11 is 10.8. The van der Waals surface area contributed by atoms with E-state index in [0.717, 1.165) is 33.8 Å². The number of nitrogens with one attached hydrogen (secondary N) is 1. The molecule has 0 atom stereocenters. The first-order valence-corrected chi connectivity index (χ1v) is 12.7. The van der Waals surface area contributed by atoms with Gasteiger partial charge in [-0.3, -0.25) is 9.59 Å². The fraction of sp³-hybridized carbons (Fsp3) is 0.200. The van der Waals surface area contributed by atoms with Gasteiger partial charge in [0, 0.05) is 51.9 Å². The Morgan fingerprint density at radius 2 is 1.58 bits per heavy atom. The average Bonchev–Trinajstić information content (AvgIpc) is 2.84. The number of thioether (sulfide) groups is 1. The third-order valence-corrected chi connectivity index (χ3v) is 7.33. The van der Waals surface area contributed by atoms with Crippen LogP contribution in [0.3, 0.4) is 0 Å². The van der Waals surface area contributed by atoms with Crippen LogP contribution in [0.2, 0.25) is 5.02 Å². The average molecular weight is 545 g/mol. The number of nitrogens with zero attached hydrogens (tertiary/aromatic N) is 2. The van der Waals surface area contributed by atoms with Gasteiger partial charge < -0.3 is 15.1 Å². The van der Waals surface area contributed by atoms with Crippen LogP contribution in [-0.2, 0) is 4.79 Å². The molecule has 1 N–H and O–H groups in total. The van der Waals surface area contributed by atoms with Gasteiger partial charge in [-0.1, -0.05) is 23.7 Å². The minimum Gasteiger partial charge on any atom is -0.368 e. The third kappa shape index (κ3) is 6.31. The second kappa shape index (κ2) is 11.1. The molecular weight excluding hydrogens is 522 g/mol. The maximum atomic E-state index is 12.8. The zero-order valence-corrected chi connectivity index (χ0v) is 21.0. The number of amides is 2. The lowest BCUT2D eigenvalue weighted by Crippen LogP contribution is -2.48. The van der Waals surface area contributed by atoms with Crippen LogP contribution < -0.4 is 10.2 Å². The van der Waals surface area contributed by atoms with Crippen molar-refractivity contribution >= 4 is 62.5 Å². The van der Waals surface area contributed by atoms with Crippen molar-refractivity contribution in [2.45, 2.75) is 4.90 Å². The highest BCUT2D eigenvalue weighted by molar-refractivity contribution is 9.10. The van der Waals surface area contributed by atoms with Crippen molar-refractivity contribution in [2.75, 3.05) is 42.1 Å². The highest BCUT2D eigenvalue weighted by Crippen LogP contribution is 2.23. The summed E-state index contributed by atoms with van der Waals surface area (Å²) in [5.74, 6) is 0.329. The molecule has 170 valence electrons. The van der Waals surface area contributed by atoms with Gasteiger partial charge in [0.25, 0.3) is 5.91 Å². The van der Waals surface area contributed by atoms with E-state index < -0.39 is 0 Å². The molecule has 3 aromatic rings. The molecule has 3 aromatic carbocycles. The molecule has 33 heavy (non-hydrogen) atoms. The number of hydrogen-bond acceptors (Lipinski definition) is 4. The second-order valence-corrected chi connectivity index (χ2v) is 9.94. The second-order valence-electron chi connectivity index (χ2n) is 7.60. The number of anilines is 2. The van der Waals surface area contributed by atoms with Crippen LogP contribution in [0.1, 0.15) is 10.4 Å². The van der Waals surface area contributed by atoms with Gasteiger partial charge >= 0.3 is 0 Å². The highest BCUT2D eigenvalue weighted by Gasteiger charge is 2.23. The lowest BCUT2D eigenvalue weighted by atomic mass is 10.1. The highest BCUT2D eigenvalue weighted by atomic mass is 79.9. The zero-order chi connectivity index (χ0) is 23.2. The molecule has 4 rings (SSSR count). The smallest absolute Gasteiger partial charge is 0.255 e. The zero-order valence-electron chi connectivity index (χ0n) is 17.8. The fourth-order valence-electron chi connectivity index (χ4n) is 3.61.